The van der Waals surface area contributed by atoms with Crippen LogP contribution in [0.1, 0.15) is 11.5 Å². The van der Waals surface area contributed by atoms with Crippen molar-refractivity contribution in [2.24, 2.45) is 0 Å². The fourth-order valence-corrected chi connectivity index (χ4v) is 4.01. The minimum Gasteiger partial charge on any atom is -0.443 e. The van der Waals surface area contributed by atoms with Gasteiger partial charge in [-0.2, -0.15) is 0 Å². The number of anilines is 1. The number of carbonyl (C=O) groups excluding carboxylic acids is 1. The van der Waals surface area contributed by atoms with Crippen molar-refractivity contribution in [3.63, 3.8) is 0 Å². The number of aryl methyl sites for hydroxylation is 2. The standard InChI is InChI=1S/C15H16FN3O5S/c1-9-14(10(2)24-18-9)25(21,22)17-7-13-8-19(15(20)23-13)12-5-3-4-11(16)6-12/h3-6,13,17H,7-8H2,1-2H3. The molecular weight excluding hydrogens is 353 g/mol. The average molecular weight is 369 g/mol. The van der Waals surface area contributed by atoms with Gasteiger partial charge in [0.1, 0.15) is 22.5 Å². The van der Waals surface area contributed by atoms with Gasteiger partial charge in [-0.3, -0.25) is 4.90 Å². The summed E-state index contributed by atoms with van der Waals surface area (Å²) in [6.45, 7) is 3.00. The SMILES string of the molecule is Cc1noc(C)c1S(=O)(=O)NCC1CN(c2cccc(F)c2)C(=O)O1. The molecular formula is C15H16FN3O5S. The molecule has 0 radical (unpaired) electrons. The normalized spacial score (nSPS) is 17.8. The lowest BCUT2D eigenvalue weighted by atomic mass is 10.2. The van der Waals surface area contributed by atoms with E-state index >= 15 is 0 Å². The van der Waals surface area contributed by atoms with E-state index in [1.165, 1.54) is 36.9 Å². The Morgan fingerprint density at radius 3 is 2.80 bits per heavy atom. The summed E-state index contributed by atoms with van der Waals surface area (Å²) in [5.41, 5.74) is 0.593. The maximum atomic E-state index is 13.3. The third-order valence-corrected chi connectivity index (χ3v) is 5.40. The topological polar surface area (TPSA) is 102 Å². The number of hydrogen-bond donors (Lipinski definition) is 1. The summed E-state index contributed by atoms with van der Waals surface area (Å²) < 4.78 is 50.4. The molecule has 1 fully saturated rings. The van der Waals surface area contributed by atoms with Crippen LogP contribution in [0.2, 0.25) is 0 Å². The van der Waals surface area contributed by atoms with Crippen LogP contribution in [-0.4, -0.2) is 38.9 Å². The fourth-order valence-electron chi connectivity index (χ4n) is 2.62. The number of nitrogens with zero attached hydrogens (tertiary/aromatic N) is 2. The van der Waals surface area contributed by atoms with Gasteiger partial charge in [0.25, 0.3) is 0 Å². The molecule has 10 heteroatoms. The van der Waals surface area contributed by atoms with Crippen molar-refractivity contribution >= 4 is 21.8 Å². The average Bonchev–Trinajstić information content (AvgIpc) is 3.08. The number of halogens is 1. The van der Waals surface area contributed by atoms with Crippen molar-refractivity contribution in [2.45, 2.75) is 24.8 Å². The highest BCUT2D eigenvalue weighted by atomic mass is 32.2. The predicted molar refractivity (Wildman–Crippen MR) is 85.2 cm³/mol. The molecule has 1 amide bonds. The van der Waals surface area contributed by atoms with Gasteiger partial charge in [-0.15, -0.1) is 0 Å². The number of carbonyl (C=O) groups is 1. The highest BCUT2D eigenvalue weighted by Crippen LogP contribution is 2.23. The van der Waals surface area contributed by atoms with E-state index in [0.29, 0.717) is 5.69 Å². The Balaban J connectivity index is 1.68. The Morgan fingerprint density at radius 1 is 1.40 bits per heavy atom. The van der Waals surface area contributed by atoms with Gasteiger partial charge in [-0.25, -0.2) is 22.3 Å². The lowest BCUT2D eigenvalue weighted by Crippen LogP contribution is -2.35. The number of nitrogens with one attached hydrogen (secondary N) is 1. The van der Waals surface area contributed by atoms with Gasteiger partial charge in [0.05, 0.1) is 12.2 Å². The van der Waals surface area contributed by atoms with Crippen LogP contribution in [0.15, 0.2) is 33.7 Å². The first-order valence-electron chi connectivity index (χ1n) is 7.44. The number of amides is 1. The van der Waals surface area contributed by atoms with Gasteiger partial charge in [0, 0.05) is 6.54 Å². The van der Waals surface area contributed by atoms with Gasteiger partial charge in [0.2, 0.25) is 10.0 Å². The molecule has 1 atom stereocenters. The van der Waals surface area contributed by atoms with Gasteiger partial charge in [0.15, 0.2) is 5.76 Å². The Bertz CT molecular complexity index is 892. The maximum Gasteiger partial charge on any atom is 0.414 e. The molecule has 3 rings (SSSR count). The molecule has 1 aliphatic rings. The largest absolute Gasteiger partial charge is 0.443 e. The van der Waals surface area contributed by atoms with Crippen LogP contribution in [0.4, 0.5) is 14.9 Å². The first-order chi connectivity index (χ1) is 11.8. The Hall–Kier alpha value is -2.46. The Labute approximate surface area is 143 Å². The summed E-state index contributed by atoms with van der Waals surface area (Å²) in [7, 11) is -3.85. The third-order valence-electron chi connectivity index (χ3n) is 3.73. The van der Waals surface area contributed by atoms with Gasteiger partial charge >= 0.3 is 6.09 Å². The van der Waals surface area contributed by atoms with Crippen LogP contribution in [0.5, 0.6) is 0 Å². The van der Waals surface area contributed by atoms with E-state index in [2.05, 4.69) is 9.88 Å². The lowest BCUT2D eigenvalue weighted by molar-refractivity contribution is 0.143. The second-order valence-corrected chi connectivity index (χ2v) is 7.31. The highest BCUT2D eigenvalue weighted by Gasteiger charge is 2.34. The summed E-state index contributed by atoms with van der Waals surface area (Å²) in [6.07, 6.45) is -1.36. The number of benzene rings is 1. The first kappa shape index (κ1) is 17.4. The van der Waals surface area contributed by atoms with E-state index in [-0.39, 0.29) is 29.4 Å². The van der Waals surface area contributed by atoms with Crippen LogP contribution >= 0.6 is 0 Å². The molecule has 1 aromatic heterocycles. The molecule has 2 aromatic rings. The van der Waals surface area contributed by atoms with Gasteiger partial charge in [-0.1, -0.05) is 11.2 Å². The number of rotatable bonds is 5. The molecule has 25 heavy (non-hydrogen) atoms. The summed E-state index contributed by atoms with van der Waals surface area (Å²) in [5.74, 6) is -0.303. The summed E-state index contributed by atoms with van der Waals surface area (Å²) >= 11 is 0. The number of sulfonamides is 1. The van der Waals surface area contributed by atoms with Crippen molar-refractivity contribution in [3.05, 3.63) is 41.5 Å². The number of aromatic nitrogens is 1. The Kier molecular flexibility index (Phi) is 4.48. The Morgan fingerprint density at radius 2 is 2.16 bits per heavy atom. The van der Waals surface area contributed by atoms with Crippen LogP contribution in [0, 0.1) is 19.7 Å². The molecule has 134 valence electrons. The molecule has 1 aliphatic heterocycles. The molecule has 1 N–H and O–H groups in total. The zero-order valence-corrected chi connectivity index (χ0v) is 14.3. The van der Waals surface area contributed by atoms with Crippen LogP contribution in [-0.2, 0) is 14.8 Å². The highest BCUT2D eigenvalue weighted by molar-refractivity contribution is 7.89. The van der Waals surface area contributed by atoms with E-state index in [1.807, 2.05) is 0 Å². The van der Waals surface area contributed by atoms with E-state index in [4.69, 9.17) is 9.26 Å². The van der Waals surface area contributed by atoms with Crippen molar-refractivity contribution in [3.8, 4) is 0 Å². The summed E-state index contributed by atoms with van der Waals surface area (Å²) in [5, 5.41) is 3.61. The summed E-state index contributed by atoms with van der Waals surface area (Å²) in [4.78, 5) is 13.2. The maximum absolute atomic E-state index is 13.3. The molecule has 1 aromatic carbocycles. The molecule has 1 saturated heterocycles. The van der Waals surface area contributed by atoms with E-state index in [1.54, 1.807) is 6.07 Å². The number of cyclic esters (lactones) is 1. The molecule has 8 nitrogen and oxygen atoms in total. The van der Waals surface area contributed by atoms with Crippen LogP contribution in [0.25, 0.3) is 0 Å². The summed E-state index contributed by atoms with van der Waals surface area (Å²) in [6, 6.07) is 5.52. The van der Waals surface area contributed by atoms with Crippen molar-refractivity contribution in [1.82, 2.24) is 9.88 Å². The lowest BCUT2D eigenvalue weighted by Gasteiger charge is -2.13. The third kappa shape index (κ3) is 3.49. The van der Waals surface area contributed by atoms with Gasteiger partial charge in [-0.05, 0) is 32.0 Å². The van der Waals surface area contributed by atoms with Crippen molar-refractivity contribution in [2.75, 3.05) is 18.0 Å². The van der Waals surface area contributed by atoms with Gasteiger partial charge < -0.3 is 9.26 Å². The van der Waals surface area contributed by atoms with Crippen LogP contribution in [0.3, 0.4) is 0 Å². The first-order valence-corrected chi connectivity index (χ1v) is 8.92. The minimum atomic E-state index is -3.85. The zero-order chi connectivity index (χ0) is 18.2. The fraction of sp³-hybridized carbons (Fsp3) is 0.333. The molecule has 0 spiro atoms. The number of hydrogen-bond acceptors (Lipinski definition) is 6. The van der Waals surface area contributed by atoms with E-state index in [0.717, 1.165) is 0 Å². The minimum absolute atomic E-state index is 0.0289. The van der Waals surface area contributed by atoms with Crippen molar-refractivity contribution in [1.29, 1.82) is 0 Å². The second kappa shape index (κ2) is 6.45. The number of ether oxygens (including phenoxy) is 1. The van der Waals surface area contributed by atoms with Crippen molar-refractivity contribution < 1.29 is 26.9 Å². The second-order valence-electron chi connectivity index (χ2n) is 5.60. The zero-order valence-electron chi connectivity index (χ0n) is 13.5. The molecule has 0 saturated carbocycles. The molecule has 2 heterocycles. The van der Waals surface area contributed by atoms with E-state index < -0.39 is 28.0 Å². The quantitative estimate of drug-likeness (QED) is 0.861. The molecule has 1 unspecified atom stereocenters. The molecule has 0 aliphatic carbocycles. The molecule has 0 bridgehead atoms. The monoisotopic (exact) mass is 369 g/mol. The predicted octanol–water partition coefficient (Wildman–Crippen LogP) is 1.73. The van der Waals surface area contributed by atoms with Crippen LogP contribution < -0.4 is 9.62 Å². The smallest absolute Gasteiger partial charge is 0.414 e. The van der Waals surface area contributed by atoms with E-state index in [9.17, 15) is 17.6 Å².